The summed E-state index contributed by atoms with van der Waals surface area (Å²) in [4.78, 5) is 2.32. The normalized spacial score (nSPS) is 22.1. The summed E-state index contributed by atoms with van der Waals surface area (Å²) in [5, 5.41) is 9.55. The van der Waals surface area contributed by atoms with Crippen molar-refractivity contribution in [1.82, 2.24) is 4.90 Å². The molecule has 3 heteroatoms. The van der Waals surface area contributed by atoms with Crippen LogP contribution < -0.4 is 4.74 Å². The highest BCUT2D eigenvalue weighted by atomic mass is 16.5. The zero-order chi connectivity index (χ0) is 12.6. The summed E-state index contributed by atoms with van der Waals surface area (Å²) in [5.41, 5.74) is 0.987. The molecule has 1 heterocycles. The second kappa shape index (κ2) is 4.22. The van der Waals surface area contributed by atoms with E-state index in [0.717, 1.165) is 18.7 Å². The van der Waals surface area contributed by atoms with Gasteiger partial charge in [0.25, 0.3) is 0 Å². The van der Waals surface area contributed by atoms with E-state index in [2.05, 4.69) is 32.7 Å². The van der Waals surface area contributed by atoms with Crippen LogP contribution in [0.3, 0.4) is 0 Å². The Labute approximate surface area is 103 Å². The van der Waals surface area contributed by atoms with Gasteiger partial charge in [0, 0.05) is 24.1 Å². The van der Waals surface area contributed by atoms with Crippen LogP contribution in [0.2, 0.25) is 0 Å². The lowest BCUT2D eigenvalue weighted by Crippen LogP contribution is -2.40. The summed E-state index contributed by atoms with van der Waals surface area (Å²) in [6.45, 7) is 7.34. The first-order chi connectivity index (χ1) is 7.93. The SMILES string of the molecule is CCN(C)C1CC(C)(C)Oc2cc(O)ccc21. The van der Waals surface area contributed by atoms with E-state index < -0.39 is 0 Å². The lowest BCUT2D eigenvalue weighted by Gasteiger charge is -2.41. The van der Waals surface area contributed by atoms with E-state index >= 15 is 0 Å². The van der Waals surface area contributed by atoms with Gasteiger partial charge in [-0.3, -0.25) is 4.90 Å². The predicted molar refractivity (Wildman–Crippen MR) is 68.5 cm³/mol. The third-order valence-corrected chi connectivity index (χ3v) is 3.46. The standard InChI is InChI=1S/C14H21NO2/c1-5-15(4)12-9-14(2,3)17-13-8-10(16)6-7-11(12)13/h6-8,12,16H,5,9H2,1-4H3. The average molecular weight is 235 g/mol. The molecular weight excluding hydrogens is 214 g/mol. The van der Waals surface area contributed by atoms with Crippen LogP contribution in [-0.2, 0) is 0 Å². The molecule has 0 saturated carbocycles. The monoisotopic (exact) mass is 235 g/mol. The molecule has 1 aliphatic rings. The van der Waals surface area contributed by atoms with Gasteiger partial charge in [-0.15, -0.1) is 0 Å². The predicted octanol–water partition coefficient (Wildman–Crippen LogP) is 2.95. The van der Waals surface area contributed by atoms with Crippen molar-refractivity contribution in [2.24, 2.45) is 0 Å². The number of phenolic OH excluding ortho intramolecular Hbond substituents is 1. The van der Waals surface area contributed by atoms with E-state index in [0.29, 0.717) is 6.04 Å². The van der Waals surface area contributed by atoms with Gasteiger partial charge in [-0.2, -0.15) is 0 Å². The van der Waals surface area contributed by atoms with E-state index in [1.54, 1.807) is 12.1 Å². The van der Waals surface area contributed by atoms with E-state index in [9.17, 15) is 5.11 Å². The Bertz CT molecular complexity index is 415. The van der Waals surface area contributed by atoms with Crippen molar-refractivity contribution >= 4 is 0 Å². The van der Waals surface area contributed by atoms with Crippen molar-refractivity contribution in [2.45, 2.75) is 38.8 Å². The number of aromatic hydroxyl groups is 1. The van der Waals surface area contributed by atoms with Crippen LogP contribution in [0.1, 0.15) is 38.8 Å². The first kappa shape index (κ1) is 12.2. The molecule has 0 spiro atoms. The number of benzene rings is 1. The molecule has 0 fully saturated rings. The van der Waals surface area contributed by atoms with Gasteiger partial charge in [-0.25, -0.2) is 0 Å². The van der Waals surface area contributed by atoms with E-state index in [1.165, 1.54) is 5.56 Å². The van der Waals surface area contributed by atoms with Gasteiger partial charge >= 0.3 is 0 Å². The number of hydrogen-bond acceptors (Lipinski definition) is 3. The second-order valence-corrected chi connectivity index (χ2v) is 5.38. The van der Waals surface area contributed by atoms with Crippen molar-refractivity contribution in [3.63, 3.8) is 0 Å². The molecule has 1 aromatic carbocycles. The zero-order valence-corrected chi connectivity index (χ0v) is 11.0. The van der Waals surface area contributed by atoms with Crippen molar-refractivity contribution in [1.29, 1.82) is 0 Å². The molecule has 17 heavy (non-hydrogen) atoms. The van der Waals surface area contributed by atoms with Crippen LogP contribution in [0.15, 0.2) is 18.2 Å². The maximum atomic E-state index is 9.55. The molecule has 0 aromatic heterocycles. The Balaban J connectivity index is 2.43. The van der Waals surface area contributed by atoms with Crippen molar-refractivity contribution in [3.05, 3.63) is 23.8 Å². The molecule has 0 radical (unpaired) electrons. The van der Waals surface area contributed by atoms with Crippen LogP contribution in [0, 0.1) is 0 Å². The summed E-state index contributed by atoms with van der Waals surface area (Å²) < 4.78 is 5.94. The molecule has 1 unspecified atom stereocenters. The van der Waals surface area contributed by atoms with E-state index in [1.807, 2.05) is 6.07 Å². The number of fused-ring (bicyclic) bond motifs is 1. The molecule has 0 amide bonds. The maximum Gasteiger partial charge on any atom is 0.128 e. The highest BCUT2D eigenvalue weighted by Crippen LogP contribution is 2.43. The Morgan fingerprint density at radius 3 is 2.82 bits per heavy atom. The second-order valence-electron chi connectivity index (χ2n) is 5.38. The van der Waals surface area contributed by atoms with Crippen molar-refractivity contribution < 1.29 is 9.84 Å². The number of hydrogen-bond donors (Lipinski definition) is 1. The van der Waals surface area contributed by atoms with Gasteiger partial charge in [-0.05, 0) is 33.5 Å². The minimum absolute atomic E-state index is 0.186. The van der Waals surface area contributed by atoms with Gasteiger partial charge in [0.1, 0.15) is 17.1 Å². The summed E-state index contributed by atoms with van der Waals surface area (Å²) in [6, 6.07) is 5.78. The lowest BCUT2D eigenvalue weighted by atomic mass is 9.89. The van der Waals surface area contributed by atoms with Crippen molar-refractivity contribution in [2.75, 3.05) is 13.6 Å². The van der Waals surface area contributed by atoms with Gasteiger partial charge in [0.05, 0.1) is 0 Å². The summed E-state index contributed by atoms with van der Waals surface area (Å²) in [5.74, 6) is 1.07. The van der Waals surface area contributed by atoms with Crippen LogP contribution in [0.4, 0.5) is 0 Å². The molecule has 1 aliphatic heterocycles. The van der Waals surface area contributed by atoms with Crippen LogP contribution in [0.25, 0.3) is 0 Å². The van der Waals surface area contributed by atoms with Gasteiger partial charge in [0.2, 0.25) is 0 Å². The lowest BCUT2D eigenvalue weighted by molar-refractivity contribution is 0.0385. The van der Waals surface area contributed by atoms with Crippen molar-refractivity contribution in [3.8, 4) is 11.5 Å². The molecule has 94 valence electrons. The van der Waals surface area contributed by atoms with Crippen LogP contribution in [-0.4, -0.2) is 29.2 Å². The maximum absolute atomic E-state index is 9.55. The fourth-order valence-corrected chi connectivity index (χ4v) is 2.42. The third-order valence-electron chi connectivity index (χ3n) is 3.46. The molecule has 1 N–H and O–H groups in total. The molecule has 0 saturated heterocycles. The van der Waals surface area contributed by atoms with E-state index in [-0.39, 0.29) is 11.4 Å². The first-order valence-corrected chi connectivity index (χ1v) is 6.15. The highest BCUT2D eigenvalue weighted by molar-refractivity contribution is 5.44. The summed E-state index contributed by atoms with van der Waals surface area (Å²) >= 11 is 0. The van der Waals surface area contributed by atoms with Crippen LogP contribution >= 0.6 is 0 Å². The first-order valence-electron chi connectivity index (χ1n) is 6.15. The van der Waals surface area contributed by atoms with Gasteiger partial charge in [-0.1, -0.05) is 13.0 Å². The molecular formula is C14H21NO2. The van der Waals surface area contributed by atoms with Gasteiger partial charge in [0.15, 0.2) is 0 Å². The number of phenols is 1. The number of rotatable bonds is 2. The van der Waals surface area contributed by atoms with Gasteiger partial charge < -0.3 is 9.84 Å². The molecule has 0 aliphatic carbocycles. The average Bonchev–Trinajstić information content (AvgIpc) is 2.25. The van der Waals surface area contributed by atoms with E-state index in [4.69, 9.17) is 4.74 Å². The Morgan fingerprint density at radius 1 is 1.47 bits per heavy atom. The molecule has 2 rings (SSSR count). The minimum atomic E-state index is -0.186. The largest absolute Gasteiger partial charge is 0.508 e. The molecule has 3 nitrogen and oxygen atoms in total. The minimum Gasteiger partial charge on any atom is -0.508 e. The molecule has 1 atom stereocenters. The quantitative estimate of drug-likeness (QED) is 0.855. The summed E-state index contributed by atoms with van der Waals surface area (Å²) in [7, 11) is 2.13. The Hall–Kier alpha value is -1.22. The fourth-order valence-electron chi connectivity index (χ4n) is 2.42. The number of nitrogens with zero attached hydrogens (tertiary/aromatic N) is 1. The smallest absolute Gasteiger partial charge is 0.128 e. The molecule has 1 aromatic rings. The summed E-state index contributed by atoms with van der Waals surface area (Å²) in [6.07, 6.45) is 0.967. The highest BCUT2D eigenvalue weighted by Gasteiger charge is 2.35. The third kappa shape index (κ3) is 2.39. The fraction of sp³-hybridized carbons (Fsp3) is 0.571. The van der Waals surface area contributed by atoms with Crippen LogP contribution in [0.5, 0.6) is 11.5 Å². The topological polar surface area (TPSA) is 32.7 Å². The number of ether oxygens (including phenoxy) is 1. The zero-order valence-electron chi connectivity index (χ0n) is 11.0. The Morgan fingerprint density at radius 2 is 2.18 bits per heavy atom. The Kier molecular flexibility index (Phi) is 3.04. The molecule has 0 bridgehead atoms.